The fourth-order valence-corrected chi connectivity index (χ4v) is 1.71. The van der Waals surface area contributed by atoms with Gasteiger partial charge in [0.05, 0.1) is 12.8 Å². The number of ketones is 1. The third kappa shape index (κ3) is 5.30. The van der Waals surface area contributed by atoms with E-state index in [9.17, 15) is 4.79 Å². The van der Waals surface area contributed by atoms with Crippen LogP contribution in [0.2, 0.25) is 0 Å². The molecule has 1 rings (SSSR count). The molecule has 0 bridgehead atoms. The van der Waals surface area contributed by atoms with Crippen LogP contribution in [0, 0.1) is 0 Å². The number of hydrogen-bond acceptors (Lipinski definition) is 3. The molecule has 0 saturated heterocycles. The molecule has 1 aromatic heterocycles. The van der Waals surface area contributed by atoms with Gasteiger partial charge in [0, 0.05) is 6.42 Å². The highest BCUT2D eigenvalue weighted by Crippen LogP contribution is 2.11. The van der Waals surface area contributed by atoms with Gasteiger partial charge in [0.25, 0.3) is 0 Å². The standard InChI is InChI=1S/C15H23NO2/c1-3-5-6-7-8-11-18-13-9-10-14(16-12-13)15(17)4-2/h9-10,12H,3-8,11H2,1-2H3. The number of ether oxygens (including phenoxy) is 1. The third-order valence-electron chi connectivity index (χ3n) is 2.86. The second-order valence-corrected chi connectivity index (χ2v) is 4.42. The van der Waals surface area contributed by atoms with Crippen molar-refractivity contribution in [1.82, 2.24) is 4.98 Å². The van der Waals surface area contributed by atoms with Gasteiger partial charge < -0.3 is 4.74 Å². The zero-order chi connectivity index (χ0) is 13.2. The van der Waals surface area contributed by atoms with Gasteiger partial charge >= 0.3 is 0 Å². The molecule has 0 aliphatic rings. The van der Waals surface area contributed by atoms with Crippen LogP contribution in [-0.2, 0) is 0 Å². The van der Waals surface area contributed by atoms with Gasteiger partial charge in [0.2, 0.25) is 0 Å². The van der Waals surface area contributed by atoms with Crippen molar-refractivity contribution in [1.29, 1.82) is 0 Å². The molecule has 3 nitrogen and oxygen atoms in total. The average molecular weight is 249 g/mol. The Morgan fingerprint density at radius 1 is 1.17 bits per heavy atom. The topological polar surface area (TPSA) is 39.2 Å². The summed E-state index contributed by atoms with van der Waals surface area (Å²) in [6.45, 7) is 4.78. The lowest BCUT2D eigenvalue weighted by molar-refractivity contribution is 0.0983. The molecule has 1 heterocycles. The van der Waals surface area contributed by atoms with Gasteiger partial charge in [-0.05, 0) is 18.6 Å². The highest BCUT2D eigenvalue weighted by Gasteiger charge is 2.04. The first-order valence-corrected chi connectivity index (χ1v) is 6.90. The van der Waals surface area contributed by atoms with E-state index < -0.39 is 0 Å². The number of Topliss-reactive ketones (excluding diaryl/α,β-unsaturated/α-hetero) is 1. The lowest BCUT2D eigenvalue weighted by Gasteiger charge is -2.06. The molecule has 0 fully saturated rings. The normalized spacial score (nSPS) is 10.3. The average Bonchev–Trinajstić information content (AvgIpc) is 2.42. The summed E-state index contributed by atoms with van der Waals surface area (Å²) < 4.78 is 5.58. The first kappa shape index (κ1) is 14.7. The van der Waals surface area contributed by atoms with Crippen LogP contribution in [-0.4, -0.2) is 17.4 Å². The number of unbranched alkanes of at least 4 members (excludes halogenated alkanes) is 4. The van der Waals surface area contributed by atoms with Gasteiger partial charge in [-0.25, -0.2) is 4.98 Å². The van der Waals surface area contributed by atoms with Gasteiger partial charge in [-0.2, -0.15) is 0 Å². The van der Waals surface area contributed by atoms with E-state index in [0.29, 0.717) is 12.1 Å². The largest absolute Gasteiger partial charge is 0.492 e. The van der Waals surface area contributed by atoms with Crippen LogP contribution >= 0.6 is 0 Å². The van der Waals surface area contributed by atoms with Crippen molar-refractivity contribution in [3.63, 3.8) is 0 Å². The SMILES string of the molecule is CCCCCCCOc1ccc(C(=O)CC)nc1. The summed E-state index contributed by atoms with van der Waals surface area (Å²) in [5.41, 5.74) is 0.521. The van der Waals surface area contributed by atoms with E-state index in [-0.39, 0.29) is 5.78 Å². The highest BCUT2D eigenvalue weighted by molar-refractivity contribution is 5.93. The maximum absolute atomic E-state index is 11.4. The molecule has 0 saturated carbocycles. The van der Waals surface area contributed by atoms with Crippen molar-refractivity contribution < 1.29 is 9.53 Å². The summed E-state index contributed by atoms with van der Waals surface area (Å²) in [4.78, 5) is 15.5. The van der Waals surface area contributed by atoms with Gasteiger partial charge in [0.1, 0.15) is 11.4 Å². The molecule has 100 valence electrons. The number of carbonyl (C=O) groups is 1. The molecule has 0 unspecified atom stereocenters. The van der Waals surface area contributed by atoms with Crippen LogP contribution in [0.4, 0.5) is 0 Å². The number of hydrogen-bond donors (Lipinski definition) is 0. The number of carbonyl (C=O) groups excluding carboxylic acids is 1. The molecule has 0 atom stereocenters. The van der Waals surface area contributed by atoms with Gasteiger partial charge in [-0.1, -0.05) is 39.5 Å². The van der Waals surface area contributed by atoms with Crippen LogP contribution in [0.25, 0.3) is 0 Å². The number of pyridine rings is 1. The van der Waals surface area contributed by atoms with Gasteiger partial charge in [0.15, 0.2) is 5.78 Å². The lowest BCUT2D eigenvalue weighted by Crippen LogP contribution is -2.02. The molecule has 0 radical (unpaired) electrons. The second kappa shape index (κ2) is 8.67. The van der Waals surface area contributed by atoms with E-state index in [2.05, 4.69) is 11.9 Å². The molecule has 0 spiro atoms. The molecular formula is C15H23NO2. The van der Waals surface area contributed by atoms with Crippen LogP contribution in [0.3, 0.4) is 0 Å². The summed E-state index contributed by atoms with van der Waals surface area (Å²) in [5, 5.41) is 0. The van der Waals surface area contributed by atoms with Crippen molar-refractivity contribution >= 4 is 5.78 Å². The number of rotatable bonds is 9. The van der Waals surface area contributed by atoms with Crippen molar-refractivity contribution in [2.24, 2.45) is 0 Å². The summed E-state index contributed by atoms with van der Waals surface area (Å²) in [5.74, 6) is 0.819. The predicted octanol–water partition coefficient (Wildman–Crippen LogP) is 4.02. The minimum absolute atomic E-state index is 0.0705. The van der Waals surface area contributed by atoms with Crippen LogP contribution in [0.5, 0.6) is 5.75 Å². The fraction of sp³-hybridized carbons (Fsp3) is 0.600. The van der Waals surface area contributed by atoms with Crippen molar-refractivity contribution in [2.45, 2.75) is 52.4 Å². The first-order chi connectivity index (χ1) is 8.77. The summed E-state index contributed by atoms with van der Waals surface area (Å²) >= 11 is 0. The number of aromatic nitrogens is 1. The van der Waals surface area contributed by atoms with Crippen molar-refractivity contribution in [2.75, 3.05) is 6.61 Å². The van der Waals surface area contributed by atoms with Crippen molar-refractivity contribution in [3.05, 3.63) is 24.0 Å². The Labute approximate surface area is 110 Å². The number of nitrogens with zero attached hydrogens (tertiary/aromatic N) is 1. The van der Waals surface area contributed by atoms with E-state index in [1.54, 1.807) is 12.3 Å². The smallest absolute Gasteiger partial charge is 0.180 e. The molecule has 18 heavy (non-hydrogen) atoms. The minimum Gasteiger partial charge on any atom is -0.492 e. The molecular weight excluding hydrogens is 226 g/mol. The van der Waals surface area contributed by atoms with E-state index in [1.807, 2.05) is 13.0 Å². The van der Waals surface area contributed by atoms with E-state index in [1.165, 1.54) is 25.7 Å². The maximum atomic E-state index is 11.4. The fourth-order valence-electron chi connectivity index (χ4n) is 1.71. The predicted molar refractivity (Wildman–Crippen MR) is 73.1 cm³/mol. The minimum atomic E-state index is 0.0705. The summed E-state index contributed by atoms with van der Waals surface area (Å²) in [6, 6.07) is 3.56. The quantitative estimate of drug-likeness (QED) is 0.490. The summed E-state index contributed by atoms with van der Waals surface area (Å²) in [7, 11) is 0. The maximum Gasteiger partial charge on any atom is 0.180 e. The molecule has 0 aliphatic carbocycles. The van der Waals surface area contributed by atoms with Gasteiger partial charge in [-0.15, -0.1) is 0 Å². The monoisotopic (exact) mass is 249 g/mol. The van der Waals surface area contributed by atoms with Crippen LogP contribution in [0.1, 0.15) is 62.9 Å². The molecule has 0 N–H and O–H groups in total. The summed E-state index contributed by atoms with van der Waals surface area (Å²) in [6.07, 6.45) is 8.26. The Bertz CT molecular complexity index is 346. The Hall–Kier alpha value is -1.38. The Kier molecular flexibility index (Phi) is 7.07. The van der Waals surface area contributed by atoms with E-state index in [4.69, 9.17) is 4.74 Å². The highest BCUT2D eigenvalue weighted by atomic mass is 16.5. The lowest BCUT2D eigenvalue weighted by atomic mass is 10.2. The zero-order valence-corrected chi connectivity index (χ0v) is 11.4. The van der Waals surface area contributed by atoms with Gasteiger partial charge in [-0.3, -0.25) is 4.79 Å². The zero-order valence-electron chi connectivity index (χ0n) is 11.4. The molecule has 0 aliphatic heterocycles. The van der Waals surface area contributed by atoms with E-state index >= 15 is 0 Å². The van der Waals surface area contributed by atoms with Crippen LogP contribution < -0.4 is 4.74 Å². The van der Waals surface area contributed by atoms with E-state index in [0.717, 1.165) is 18.8 Å². The second-order valence-electron chi connectivity index (χ2n) is 4.42. The molecule has 0 aromatic carbocycles. The molecule has 3 heteroatoms. The molecule has 1 aromatic rings. The third-order valence-corrected chi connectivity index (χ3v) is 2.86. The Balaban J connectivity index is 2.25. The first-order valence-electron chi connectivity index (χ1n) is 6.90. The Morgan fingerprint density at radius 3 is 2.56 bits per heavy atom. The van der Waals surface area contributed by atoms with Crippen LogP contribution in [0.15, 0.2) is 18.3 Å². The Morgan fingerprint density at radius 2 is 1.94 bits per heavy atom. The molecule has 0 amide bonds. The van der Waals surface area contributed by atoms with Crippen molar-refractivity contribution in [3.8, 4) is 5.75 Å².